The number of anilines is 2. The first-order valence-corrected chi connectivity index (χ1v) is 12.1. The average Bonchev–Trinajstić information content (AvgIpc) is 3.17. The molecule has 2 aliphatic rings. The first kappa shape index (κ1) is 20.8. The number of ether oxygens (including phenoxy) is 2. The maximum atomic E-state index is 11.8. The second-order valence-electron chi connectivity index (χ2n) is 7.45. The van der Waals surface area contributed by atoms with Crippen molar-refractivity contribution in [1.29, 1.82) is 0 Å². The minimum Gasteiger partial charge on any atom is -0.474 e. The van der Waals surface area contributed by atoms with Gasteiger partial charge in [0.1, 0.15) is 18.2 Å². The molecule has 0 saturated carbocycles. The lowest BCUT2D eigenvalue weighted by atomic mass is 10.1. The summed E-state index contributed by atoms with van der Waals surface area (Å²) in [4.78, 5) is 13.1. The van der Waals surface area contributed by atoms with Crippen molar-refractivity contribution in [2.75, 3.05) is 37.9 Å². The van der Waals surface area contributed by atoms with Gasteiger partial charge in [-0.25, -0.2) is 18.4 Å². The summed E-state index contributed by atoms with van der Waals surface area (Å²) in [6.45, 7) is 2.31. The first-order chi connectivity index (χ1) is 14.3. The number of nitrogens with zero attached hydrogens (tertiary/aromatic N) is 4. The number of aromatic nitrogens is 2. The van der Waals surface area contributed by atoms with Gasteiger partial charge in [0.25, 0.3) is 5.17 Å². The molecule has 0 amide bonds. The van der Waals surface area contributed by atoms with Crippen LogP contribution in [0.1, 0.15) is 18.4 Å². The van der Waals surface area contributed by atoms with E-state index in [-0.39, 0.29) is 6.10 Å². The third-order valence-electron chi connectivity index (χ3n) is 5.44. The highest BCUT2D eigenvalue weighted by Gasteiger charge is 2.25. The fourth-order valence-corrected chi connectivity index (χ4v) is 4.70. The van der Waals surface area contributed by atoms with E-state index in [0.717, 1.165) is 56.0 Å². The molecule has 2 aliphatic heterocycles. The quantitative estimate of drug-likeness (QED) is 0.654. The van der Waals surface area contributed by atoms with Crippen LogP contribution in [0.3, 0.4) is 0 Å². The molecule has 10 heteroatoms. The summed E-state index contributed by atoms with van der Waals surface area (Å²) < 4.78 is 34.9. The molecule has 0 bridgehead atoms. The SMILES string of the molecule is COC(=S)N1CCC(Oc2cc(N3CCc4cc(S(C)(=O)=O)ccc43)ncn2)CC1. The van der Waals surface area contributed by atoms with Crippen molar-refractivity contribution in [3.05, 3.63) is 36.2 Å². The van der Waals surface area contributed by atoms with E-state index in [9.17, 15) is 8.42 Å². The average molecular weight is 449 g/mol. The van der Waals surface area contributed by atoms with Gasteiger partial charge in [0.2, 0.25) is 5.88 Å². The topological polar surface area (TPSA) is 84.9 Å². The molecule has 4 rings (SSSR count). The lowest BCUT2D eigenvalue weighted by Crippen LogP contribution is -2.41. The number of rotatable bonds is 4. The van der Waals surface area contributed by atoms with E-state index >= 15 is 0 Å². The second-order valence-corrected chi connectivity index (χ2v) is 9.82. The van der Waals surface area contributed by atoms with Gasteiger partial charge in [-0.1, -0.05) is 0 Å². The molecule has 1 aromatic carbocycles. The van der Waals surface area contributed by atoms with Crippen molar-refractivity contribution in [2.24, 2.45) is 0 Å². The van der Waals surface area contributed by atoms with Crippen molar-refractivity contribution in [3.8, 4) is 5.88 Å². The molecule has 1 saturated heterocycles. The van der Waals surface area contributed by atoms with Crippen molar-refractivity contribution in [2.45, 2.75) is 30.3 Å². The summed E-state index contributed by atoms with van der Waals surface area (Å²) >= 11 is 5.19. The van der Waals surface area contributed by atoms with E-state index in [1.807, 2.05) is 17.0 Å². The zero-order valence-corrected chi connectivity index (χ0v) is 18.6. The van der Waals surface area contributed by atoms with Gasteiger partial charge < -0.3 is 19.3 Å². The first-order valence-electron chi connectivity index (χ1n) is 9.77. The Morgan fingerprint density at radius 2 is 1.93 bits per heavy atom. The minimum atomic E-state index is -3.22. The zero-order chi connectivity index (χ0) is 21.3. The van der Waals surface area contributed by atoms with Gasteiger partial charge in [0.05, 0.1) is 12.0 Å². The number of likely N-dealkylation sites (tertiary alicyclic amines) is 1. The van der Waals surface area contributed by atoms with Crippen LogP contribution in [0.15, 0.2) is 35.5 Å². The van der Waals surface area contributed by atoms with E-state index in [2.05, 4.69) is 14.9 Å². The van der Waals surface area contributed by atoms with Crippen molar-refractivity contribution in [1.82, 2.24) is 14.9 Å². The highest BCUT2D eigenvalue weighted by atomic mass is 32.2. The number of hydrogen-bond acceptors (Lipinski definition) is 8. The Morgan fingerprint density at radius 3 is 2.63 bits per heavy atom. The smallest absolute Gasteiger partial charge is 0.259 e. The maximum absolute atomic E-state index is 11.8. The van der Waals surface area contributed by atoms with Crippen molar-refractivity contribution in [3.63, 3.8) is 0 Å². The number of thiocarbonyl (C=S) groups is 1. The van der Waals surface area contributed by atoms with E-state index in [4.69, 9.17) is 21.7 Å². The van der Waals surface area contributed by atoms with Gasteiger partial charge in [0.15, 0.2) is 9.84 Å². The third-order valence-corrected chi connectivity index (χ3v) is 6.98. The molecule has 2 aromatic rings. The molecule has 8 nitrogen and oxygen atoms in total. The van der Waals surface area contributed by atoms with Gasteiger partial charge >= 0.3 is 0 Å². The van der Waals surface area contributed by atoms with Crippen molar-refractivity contribution >= 4 is 38.7 Å². The van der Waals surface area contributed by atoms with Crippen LogP contribution in [-0.4, -0.2) is 67.6 Å². The molecular formula is C20H24N4O4S2. The number of piperidine rings is 1. The number of sulfone groups is 1. The van der Waals surface area contributed by atoms with Gasteiger partial charge in [-0.05, 0) is 42.4 Å². The lowest BCUT2D eigenvalue weighted by molar-refractivity contribution is 0.117. The van der Waals surface area contributed by atoms with E-state index in [0.29, 0.717) is 16.0 Å². The molecule has 0 atom stereocenters. The van der Waals surface area contributed by atoms with Crippen LogP contribution in [0, 0.1) is 0 Å². The molecule has 1 fully saturated rings. The third kappa shape index (κ3) is 4.34. The number of fused-ring (bicyclic) bond motifs is 1. The molecule has 1 aromatic heterocycles. The van der Waals surface area contributed by atoms with Crippen LogP contribution < -0.4 is 9.64 Å². The molecule has 30 heavy (non-hydrogen) atoms. The highest BCUT2D eigenvalue weighted by molar-refractivity contribution is 7.90. The fourth-order valence-electron chi connectivity index (χ4n) is 3.84. The lowest BCUT2D eigenvalue weighted by Gasteiger charge is -2.32. The van der Waals surface area contributed by atoms with Gasteiger partial charge in [-0.2, -0.15) is 0 Å². The van der Waals surface area contributed by atoms with Crippen LogP contribution in [0.4, 0.5) is 11.5 Å². The Labute approximate surface area is 181 Å². The fraction of sp³-hybridized carbons (Fsp3) is 0.450. The summed E-state index contributed by atoms with van der Waals surface area (Å²) in [5, 5.41) is 0.518. The molecule has 0 radical (unpaired) electrons. The van der Waals surface area contributed by atoms with Crippen molar-refractivity contribution < 1.29 is 17.9 Å². The maximum Gasteiger partial charge on any atom is 0.259 e. The second kappa shape index (κ2) is 8.35. The van der Waals surface area contributed by atoms with Gasteiger partial charge in [-0.3, -0.25) is 0 Å². The van der Waals surface area contributed by atoms with E-state index in [1.54, 1.807) is 19.2 Å². The van der Waals surface area contributed by atoms with E-state index < -0.39 is 9.84 Å². The van der Waals surface area contributed by atoms with Gasteiger partial charge in [0, 0.05) is 50.5 Å². The Bertz CT molecular complexity index is 1050. The van der Waals surface area contributed by atoms with Crippen LogP contribution in [0.25, 0.3) is 0 Å². The molecule has 0 spiro atoms. The summed E-state index contributed by atoms with van der Waals surface area (Å²) in [5.74, 6) is 1.28. The van der Waals surface area contributed by atoms with Crippen LogP contribution in [-0.2, 0) is 21.0 Å². The monoisotopic (exact) mass is 448 g/mol. The Balaban J connectivity index is 1.46. The zero-order valence-electron chi connectivity index (χ0n) is 16.9. The molecule has 160 valence electrons. The minimum absolute atomic E-state index is 0.0619. The standard InChI is InChI=1S/C20H24N4O4S2/c1-27-20(29)23-8-6-15(7-9-23)28-19-12-18(21-13-22-19)24-10-5-14-11-16(30(2,25)26)3-4-17(14)24/h3-4,11-13,15H,5-10H2,1-2H3. The van der Waals surface area contributed by atoms with Crippen LogP contribution in [0.5, 0.6) is 5.88 Å². The Hall–Kier alpha value is -2.46. The summed E-state index contributed by atoms with van der Waals surface area (Å²) in [5.41, 5.74) is 1.97. The van der Waals surface area contributed by atoms with Crippen LogP contribution in [0.2, 0.25) is 0 Å². The Kier molecular flexibility index (Phi) is 5.79. The molecule has 0 aliphatic carbocycles. The summed E-state index contributed by atoms with van der Waals surface area (Å²) in [6.07, 6.45) is 5.22. The van der Waals surface area contributed by atoms with Crippen LogP contribution >= 0.6 is 12.2 Å². The molecule has 0 N–H and O–H groups in total. The summed E-state index contributed by atoms with van der Waals surface area (Å²) in [6, 6.07) is 7.08. The Morgan fingerprint density at radius 1 is 1.17 bits per heavy atom. The molecule has 3 heterocycles. The van der Waals surface area contributed by atoms with Gasteiger partial charge in [-0.15, -0.1) is 0 Å². The summed E-state index contributed by atoms with van der Waals surface area (Å²) in [7, 11) is -1.64. The number of methoxy groups -OCH3 is 1. The number of benzene rings is 1. The largest absolute Gasteiger partial charge is 0.474 e. The molecular weight excluding hydrogens is 424 g/mol. The predicted molar refractivity (Wildman–Crippen MR) is 117 cm³/mol. The normalized spacial score (nSPS) is 17.0. The number of hydrogen-bond donors (Lipinski definition) is 0. The molecule has 0 unspecified atom stereocenters. The predicted octanol–water partition coefficient (Wildman–Crippen LogP) is 2.35. The van der Waals surface area contributed by atoms with E-state index in [1.165, 1.54) is 12.6 Å². The highest BCUT2D eigenvalue weighted by Crippen LogP contribution is 2.35.